The number of halogens is 3. The van der Waals surface area contributed by atoms with E-state index >= 15 is 0 Å². The van der Waals surface area contributed by atoms with Crippen LogP contribution in [0.1, 0.15) is 27.7 Å². The molecule has 0 fully saturated rings. The third-order valence-corrected chi connectivity index (χ3v) is 7.49. The fourth-order valence-corrected chi connectivity index (χ4v) is 5.11. The maximum absolute atomic E-state index is 14.4. The van der Waals surface area contributed by atoms with Gasteiger partial charge >= 0.3 is 0 Å². The Morgan fingerprint density at radius 2 is 1.97 bits per heavy atom. The van der Waals surface area contributed by atoms with Gasteiger partial charge < -0.3 is 19.3 Å². The number of carbonyl (C=O) groups excluding carboxylic acids is 1. The number of ether oxygens (including phenoxy) is 2. The Kier molecular flexibility index (Phi) is 7.22. The zero-order chi connectivity index (χ0) is 27.1. The van der Waals surface area contributed by atoms with Crippen molar-refractivity contribution >= 4 is 34.8 Å². The zero-order valence-electron chi connectivity index (χ0n) is 21.5. The van der Waals surface area contributed by atoms with Crippen LogP contribution in [0.4, 0.5) is 4.39 Å². The molecule has 7 nitrogen and oxygen atoms in total. The Balaban J connectivity index is 1.69. The largest absolute Gasteiger partial charge is 0.489 e. The second-order valence-corrected chi connectivity index (χ2v) is 10.2. The summed E-state index contributed by atoms with van der Waals surface area (Å²) in [6.45, 7) is 2.94. The van der Waals surface area contributed by atoms with Gasteiger partial charge in [-0.1, -0.05) is 35.3 Å². The van der Waals surface area contributed by atoms with E-state index in [-0.39, 0.29) is 24.0 Å². The molecule has 198 valence electrons. The Morgan fingerprint density at radius 1 is 1.18 bits per heavy atom. The Hall–Kier alpha value is -3.33. The quantitative estimate of drug-likeness (QED) is 0.283. The Labute approximate surface area is 230 Å². The van der Waals surface area contributed by atoms with E-state index < -0.39 is 6.04 Å². The number of carbonyl (C=O) groups is 1. The number of hydrogen-bond acceptors (Lipinski definition) is 5. The summed E-state index contributed by atoms with van der Waals surface area (Å²) in [5.41, 5.74) is 3.18. The second kappa shape index (κ2) is 10.4. The Morgan fingerprint density at radius 3 is 2.68 bits per heavy atom. The highest BCUT2D eigenvalue weighted by molar-refractivity contribution is 6.43. The molecule has 1 unspecified atom stereocenters. The molecule has 0 aliphatic carbocycles. The molecule has 2 aromatic carbocycles. The van der Waals surface area contributed by atoms with E-state index in [0.717, 1.165) is 5.56 Å². The van der Waals surface area contributed by atoms with E-state index in [1.807, 2.05) is 31.1 Å². The minimum atomic E-state index is -0.401. The number of hydrogen-bond donors (Lipinski definition) is 0. The number of fused-ring (bicyclic) bond motifs is 2. The second-order valence-electron chi connectivity index (χ2n) is 9.44. The maximum Gasteiger partial charge on any atom is 0.275 e. The van der Waals surface area contributed by atoms with Gasteiger partial charge in [0.15, 0.2) is 11.6 Å². The molecule has 10 heteroatoms. The minimum absolute atomic E-state index is 0.229. The molecule has 1 aliphatic rings. The number of pyridine rings is 1. The van der Waals surface area contributed by atoms with Crippen molar-refractivity contribution in [2.24, 2.45) is 0 Å². The first-order valence-electron chi connectivity index (χ1n) is 12.1. The van der Waals surface area contributed by atoms with E-state index in [9.17, 15) is 9.18 Å². The van der Waals surface area contributed by atoms with Crippen LogP contribution >= 0.6 is 23.2 Å². The van der Waals surface area contributed by atoms with Crippen LogP contribution in [0.15, 0.2) is 48.5 Å². The average molecular weight is 557 g/mol. The summed E-state index contributed by atoms with van der Waals surface area (Å²) in [4.78, 5) is 22.9. The fraction of sp³-hybridized carbons (Fsp3) is 0.286. The normalized spacial score (nSPS) is 14.6. The molecule has 1 aliphatic heterocycles. The van der Waals surface area contributed by atoms with E-state index in [1.54, 1.807) is 53.7 Å². The molecule has 1 amide bonds. The summed E-state index contributed by atoms with van der Waals surface area (Å²) in [6, 6.07) is 13.3. The lowest BCUT2D eigenvalue weighted by Gasteiger charge is -2.29. The molecular weight excluding hydrogens is 530 g/mol. The summed E-state index contributed by atoms with van der Waals surface area (Å²) >= 11 is 12.6. The van der Waals surface area contributed by atoms with E-state index in [1.165, 1.54) is 6.07 Å². The number of aromatic nitrogens is 2. The van der Waals surface area contributed by atoms with Crippen LogP contribution in [-0.2, 0) is 0 Å². The van der Waals surface area contributed by atoms with Gasteiger partial charge in [0.25, 0.3) is 5.91 Å². The van der Waals surface area contributed by atoms with Crippen molar-refractivity contribution in [2.75, 3.05) is 40.9 Å². The first-order valence-corrected chi connectivity index (χ1v) is 12.8. The molecule has 0 saturated carbocycles. The molecule has 0 radical (unpaired) electrons. The van der Waals surface area contributed by atoms with Gasteiger partial charge in [0.2, 0.25) is 0 Å². The maximum atomic E-state index is 14.4. The predicted octanol–water partition coefficient (Wildman–Crippen LogP) is 5.90. The highest BCUT2D eigenvalue weighted by Gasteiger charge is 2.37. The van der Waals surface area contributed by atoms with Crippen molar-refractivity contribution in [2.45, 2.75) is 13.0 Å². The van der Waals surface area contributed by atoms with Gasteiger partial charge in [-0.3, -0.25) is 9.20 Å². The number of aryl methyl sites for hydroxylation is 1. The SMILES string of the molecule is COc1cccc2nc(C(=O)N(CCN(C)C)C3COc4c3ccc(Cl)c4Cl)c(-c3ccc(F)c(C)c3)n12. The summed E-state index contributed by atoms with van der Waals surface area (Å²) < 4.78 is 27.5. The van der Waals surface area contributed by atoms with Crippen molar-refractivity contribution in [3.05, 3.63) is 81.2 Å². The van der Waals surface area contributed by atoms with E-state index in [4.69, 9.17) is 37.7 Å². The first kappa shape index (κ1) is 26.3. The highest BCUT2D eigenvalue weighted by Crippen LogP contribution is 2.45. The molecule has 4 aromatic rings. The predicted molar refractivity (Wildman–Crippen MR) is 146 cm³/mol. The number of likely N-dealkylation sites (N-methyl/N-ethyl adjacent to an activating group) is 1. The van der Waals surface area contributed by atoms with Gasteiger partial charge in [0, 0.05) is 24.2 Å². The molecule has 3 heterocycles. The van der Waals surface area contributed by atoms with Crippen LogP contribution in [0.5, 0.6) is 11.6 Å². The number of imidazole rings is 1. The number of methoxy groups -OCH3 is 1. The molecule has 0 N–H and O–H groups in total. The lowest BCUT2D eigenvalue weighted by atomic mass is 10.0. The van der Waals surface area contributed by atoms with Crippen LogP contribution in [-0.4, -0.2) is 66.0 Å². The zero-order valence-corrected chi connectivity index (χ0v) is 23.0. The molecule has 0 bridgehead atoms. The monoisotopic (exact) mass is 556 g/mol. The fourth-order valence-electron chi connectivity index (χ4n) is 4.74. The lowest BCUT2D eigenvalue weighted by molar-refractivity contribution is 0.0630. The third kappa shape index (κ3) is 4.57. The standard InChI is InChI=1S/C28H27Cl2FN4O3/c1-16-14-17(8-11-20(16)31)26-25(32-22-6-5-7-23(37-4)35(22)26)28(36)34(13-12-33(2)3)21-15-38-27-18(21)9-10-19(29)24(27)30/h5-11,14,21H,12-13,15H2,1-4H3. The van der Waals surface area contributed by atoms with E-state index in [2.05, 4.69) is 0 Å². The molecule has 5 rings (SSSR count). The van der Waals surface area contributed by atoms with Crippen LogP contribution in [0.2, 0.25) is 10.0 Å². The van der Waals surface area contributed by atoms with Crippen molar-refractivity contribution < 1.29 is 18.7 Å². The van der Waals surface area contributed by atoms with Gasteiger partial charge in [-0.15, -0.1) is 0 Å². The lowest BCUT2D eigenvalue weighted by Crippen LogP contribution is -2.40. The average Bonchev–Trinajstić information content (AvgIpc) is 3.50. The molecular formula is C28H27Cl2FN4O3. The third-order valence-electron chi connectivity index (χ3n) is 6.70. The molecule has 0 saturated heterocycles. The van der Waals surface area contributed by atoms with E-state index in [0.29, 0.717) is 57.2 Å². The number of benzene rings is 2. The van der Waals surface area contributed by atoms with Crippen molar-refractivity contribution in [3.63, 3.8) is 0 Å². The van der Waals surface area contributed by atoms with Gasteiger partial charge in [-0.05, 0) is 63.0 Å². The molecule has 0 spiro atoms. The first-order chi connectivity index (χ1) is 18.2. The van der Waals surface area contributed by atoms with Crippen molar-refractivity contribution in [1.82, 2.24) is 19.2 Å². The van der Waals surface area contributed by atoms with Crippen LogP contribution in [0.25, 0.3) is 16.9 Å². The summed E-state index contributed by atoms with van der Waals surface area (Å²) in [6.07, 6.45) is 0. The molecule has 38 heavy (non-hydrogen) atoms. The van der Waals surface area contributed by atoms with Crippen molar-refractivity contribution in [1.29, 1.82) is 0 Å². The molecule has 1 atom stereocenters. The number of nitrogens with zero attached hydrogens (tertiary/aromatic N) is 4. The highest BCUT2D eigenvalue weighted by atomic mass is 35.5. The van der Waals surface area contributed by atoms with Crippen molar-refractivity contribution in [3.8, 4) is 22.9 Å². The van der Waals surface area contributed by atoms with Crippen LogP contribution in [0, 0.1) is 12.7 Å². The number of rotatable bonds is 7. The molecule has 2 aromatic heterocycles. The van der Waals surface area contributed by atoms with Gasteiger partial charge in [0.1, 0.15) is 28.8 Å². The summed E-state index contributed by atoms with van der Waals surface area (Å²) in [7, 11) is 5.45. The summed E-state index contributed by atoms with van der Waals surface area (Å²) in [5, 5.41) is 0.713. The topological polar surface area (TPSA) is 59.3 Å². The van der Waals surface area contributed by atoms with Crippen LogP contribution in [0.3, 0.4) is 0 Å². The van der Waals surface area contributed by atoms with Crippen LogP contribution < -0.4 is 9.47 Å². The van der Waals surface area contributed by atoms with Gasteiger partial charge in [-0.2, -0.15) is 0 Å². The number of amides is 1. The Bertz CT molecular complexity index is 1540. The summed E-state index contributed by atoms with van der Waals surface area (Å²) in [5.74, 6) is 0.368. The minimum Gasteiger partial charge on any atom is -0.489 e. The smallest absolute Gasteiger partial charge is 0.275 e. The van der Waals surface area contributed by atoms with Gasteiger partial charge in [0.05, 0.1) is 23.9 Å². The van der Waals surface area contributed by atoms with Gasteiger partial charge in [-0.25, -0.2) is 9.37 Å².